The number of aliphatic hydroxyl groups excluding tert-OH is 2. The standard InChI is InChI=1S/C12H15ClN2O5/c1-7(13)12(18)14-10(6-16)11(17)8-2-4-9(5-3-8)15(19)20/h2-5,7,10-11,16-17H,6H2,1H3,(H,14,18). The number of non-ortho nitro benzene ring substituents is 1. The number of hydrogen-bond acceptors (Lipinski definition) is 5. The van der Waals surface area contributed by atoms with Gasteiger partial charge in [0.2, 0.25) is 5.91 Å². The van der Waals surface area contributed by atoms with Crippen molar-refractivity contribution in [2.45, 2.75) is 24.4 Å². The number of amides is 1. The molecule has 0 radical (unpaired) electrons. The molecule has 0 heterocycles. The first-order valence-corrected chi connectivity index (χ1v) is 6.28. The first kappa shape index (κ1) is 16.4. The van der Waals surface area contributed by atoms with E-state index >= 15 is 0 Å². The van der Waals surface area contributed by atoms with E-state index in [1.165, 1.54) is 31.2 Å². The number of halogens is 1. The number of nitro benzene ring substituents is 1. The van der Waals surface area contributed by atoms with Gasteiger partial charge in [-0.1, -0.05) is 0 Å². The molecule has 8 heteroatoms. The van der Waals surface area contributed by atoms with Gasteiger partial charge in [0.15, 0.2) is 0 Å². The van der Waals surface area contributed by atoms with Gasteiger partial charge in [-0.25, -0.2) is 0 Å². The average molecular weight is 303 g/mol. The number of rotatable bonds is 6. The lowest BCUT2D eigenvalue weighted by atomic mass is 10.0. The second-order valence-corrected chi connectivity index (χ2v) is 4.86. The summed E-state index contributed by atoms with van der Waals surface area (Å²) < 4.78 is 0. The van der Waals surface area contributed by atoms with Crippen molar-refractivity contribution >= 4 is 23.2 Å². The summed E-state index contributed by atoms with van der Waals surface area (Å²) in [5.74, 6) is -0.522. The van der Waals surface area contributed by atoms with Crippen molar-refractivity contribution in [1.82, 2.24) is 5.32 Å². The maximum atomic E-state index is 11.4. The molecule has 3 N–H and O–H groups in total. The molecule has 1 aromatic carbocycles. The van der Waals surface area contributed by atoms with Crippen LogP contribution in [0.4, 0.5) is 5.69 Å². The topological polar surface area (TPSA) is 113 Å². The smallest absolute Gasteiger partial charge is 0.269 e. The molecule has 0 aliphatic carbocycles. The van der Waals surface area contributed by atoms with Crippen molar-refractivity contribution in [2.75, 3.05) is 6.61 Å². The number of nitrogens with one attached hydrogen (secondary N) is 1. The Morgan fingerprint density at radius 1 is 1.45 bits per heavy atom. The van der Waals surface area contributed by atoms with E-state index in [4.69, 9.17) is 11.6 Å². The SMILES string of the molecule is CC(Cl)C(=O)NC(CO)C(O)c1ccc([N+](=O)[O-])cc1. The molecular weight excluding hydrogens is 288 g/mol. The summed E-state index contributed by atoms with van der Waals surface area (Å²) in [4.78, 5) is 21.4. The molecule has 0 fully saturated rings. The van der Waals surface area contributed by atoms with E-state index in [1.54, 1.807) is 0 Å². The predicted molar refractivity (Wildman–Crippen MR) is 72.4 cm³/mol. The van der Waals surface area contributed by atoms with E-state index < -0.39 is 35.0 Å². The molecule has 0 aliphatic heterocycles. The van der Waals surface area contributed by atoms with Gasteiger partial charge in [-0.05, 0) is 24.6 Å². The number of alkyl halides is 1. The monoisotopic (exact) mass is 302 g/mol. The second-order valence-electron chi connectivity index (χ2n) is 4.21. The molecule has 0 bridgehead atoms. The van der Waals surface area contributed by atoms with Crippen LogP contribution < -0.4 is 5.32 Å². The summed E-state index contributed by atoms with van der Waals surface area (Å²) in [5.41, 5.74) is 0.233. The molecule has 1 rings (SSSR count). The Hall–Kier alpha value is -1.70. The molecule has 0 aromatic heterocycles. The minimum absolute atomic E-state index is 0.111. The van der Waals surface area contributed by atoms with Crippen molar-refractivity contribution in [3.63, 3.8) is 0 Å². The van der Waals surface area contributed by atoms with Crippen molar-refractivity contribution < 1.29 is 19.9 Å². The number of hydrogen-bond donors (Lipinski definition) is 3. The molecule has 0 spiro atoms. The first-order chi connectivity index (χ1) is 9.36. The van der Waals surface area contributed by atoms with Gasteiger partial charge in [-0.15, -0.1) is 11.6 Å². The van der Waals surface area contributed by atoms with Gasteiger partial charge in [-0.2, -0.15) is 0 Å². The molecule has 0 aliphatic rings. The number of carbonyl (C=O) groups excluding carboxylic acids is 1. The van der Waals surface area contributed by atoms with E-state index in [0.29, 0.717) is 5.56 Å². The Morgan fingerprint density at radius 3 is 2.40 bits per heavy atom. The fraction of sp³-hybridized carbons (Fsp3) is 0.417. The Labute approximate surface area is 120 Å². The van der Waals surface area contributed by atoms with Crippen molar-refractivity contribution in [3.8, 4) is 0 Å². The summed E-state index contributed by atoms with van der Waals surface area (Å²) in [6.45, 7) is 0.969. The molecule has 3 unspecified atom stereocenters. The summed E-state index contributed by atoms with van der Waals surface area (Å²) in [6, 6.07) is 4.26. The summed E-state index contributed by atoms with van der Waals surface area (Å²) in [5, 5.41) is 31.4. The van der Waals surface area contributed by atoms with Gasteiger partial charge in [0.05, 0.1) is 17.6 Å². The van der Waals surface area contributed by atoms with Crippen LogP contribution in [0.25, 0.3) is 0 Å². The molecule has 0 saturated heterocycles. The number of aliphatic hydroxyl groups is 2. The van der Waals surface area contributed by atoms with Crippen molar-refractivity contribution in [3.05, 3.63) is 39.9 Å². The third-order valence-corrected chi connectivity index (χ3v) is 2.91. The molecule has 1 amide bonds. The van der Waals surface area contributed by atoms with Gasteiger partial charge in [0, 0.05) is 12.1 Å². The van der Waals surface area contributed by atoms with Gasteiger partial charge in [-0.3, -0.25) is 14.9 Å². The number of nitro groups is 1. The zero-order valence-electron chi connectivity index (χ0n) is 10.7. The van der Waals surface area contributed by atoms with Crippen LogP contribution in [0.3, 0.4) is 0 Å². The third-order valence-electron chi connectivity index (χ3n) is 2.71. The second kappa shape index (κ2) is 7.18. The van der Waals surface area contributed by atoms with Crippen molar-refractivity contribution in [2.24, 2.45) is 0 Å². The highest BCUT2D eigenvalue weighted by molar-refractivity contribution is 6.30. The van der Waals surface area contributed by atoms with Crippen LogP contribution >= 0.6 is 11.6 Å². The fourth-order valence-electron chi connectivity index (χ4n) is 1.55. The van der Waals surface area contributed by atoms with Crippen LogP contribution in [0.5, 0.6) is 0 Å². The number of benzene rings is 1. The Kier molecular flexibility index (Phi) is 5.87. The minimum Gasteiger partial charge on any atom is -0.394 e. The maximum absolute atomic E-state index is 11.4. The van der Waals surface area contributed by atoms with Gasteiger partial charge < -0.3 is 15.5 Å². The molecule has 3 atom stereocenters. The van der Waals surface area contributed by atoms with Crippen LogP contribution in [-0.2, 0) is 4.79 Å². The Bertz CT molecular complexity index is 477. The van der Waals surface area contributed by atoms with Crippen LogP contribution in [0.15, 0.2) is 24.3 Å². The normalized spacial score (nSPS) is 15.2. The number of carbonyl (C=O) groups is 1. The number of nitrogens with zero attached hydrogens (tertiary/aromatic N) is 1. The van der Waals surface area contributed by atoms with Crippen LogP contribution in [0.2, 0.25) is 0 Å². The highest BCUT2D eigenvalue weighted by Crippen LogP contribution is 2.20. The summed E-state index contributed by atoms with van der Waals surface area (Å²) in [7, 11) is 0. The first-order valence-electron chi connectivity index (χ1n) is 5.84. The molecule has 0 saturated carbocycles. The zero-order chi connectivity index (χ0) is 15.3. The lowest BCUT2D eigenvalue weighted by molar-refractivity contribution is -0.384. The van der Waals surface area contributed by atoms with E-state index in [-0.39, 0.29) is 5.69 Å². The quantitative estimate of drug-likeness (QED) is 0.407. The average Bonchev–Trinajstić information content (AvgIpc) is 2.43. The minimum atomic E-state index is -1.19. The van der Waals surface area contributed by atoms with Gasteiger partial charge >= 0.3 is 0 Å². The molecule has 110 valence electrons. The highest BCUT2D eigenvalue weighted by atomic mass is 35.5. The Morgan fingerprint density at radius 2 is 2.00 bits per heavy atom. The largest absolute Gasteiger partial charge is 0.394 e. The van der Waals surface area contributed by atoms with E-state index in [1.807, 2.05) is 0 Å². The lowest BCUT2D eigenvalue weighted by Crippen LogP contribution is -2.44. The van der Waals surface area contributed by atoms with E-state index in [0.717, 1.165) is 0 Å². The Balaban J connectivity index is 2.82. The zero-order valence-corrected chi connectivity index (χ0v) is 11.4. The van der Waals surface area contributed by atoms with Gasteiger partial charge in [0.25, 0.3) is 5.69 Å². The summed E-state index contributed by atoms with van der Waals surface area (Å²) >= 11 is 5.59. The van der Waals surface area contributed by atoms with E-state index in [9.17, 15) is 25.1 Å². The van der Waals surface area contributed by atoms with Gasteiger partial charge in [0.1, 0.15) is 11.5 Å². The molecule has 7 nitrogen and oxygen atoms in total. The van der Waals surface area contributed by atoms with Crippen LogP contribution in [0, 0.1) is 10.1 Å². The molecular formula is C12H15ClN2O5. The molecule has 1 aromatic rings. The maximum Gasteiger partial charge on any atom is 0.269 e. The van der Waals surface area contributed by atoms with Crippen LogP contribution in [0.1, 0.15) is 18.6 Å². The fourth-order valence-corrected chi connectivity index (χ4v) is 1.61. The van der Waals surface area contributed by atoms with Crippen LogP contribution in [-0.4, -0.2) is 39.1 Å². The predicted octanol–water partition coefficient (Wildman–Crippen LogP) is 0.733. The van der Waals surface area contributed by atoms with E-state index in [2.05, 4.69) is 5.32 Å². The summed E-state index contributed by atoms with van der Waals surface area (Å²) in [6.07, 6.45) is -1.19. The highest BCUT2D eigenvalue weighted by Gasteiger charge is 2.24. The van der Waals surface area contributed by atoms with Crippen molar-refractivity contribution in [1.29, 1.82) is 0 Å². The third kappa shape index (κ3) is 4.16. The lowest BCUT2D eigenvalue weighted by Gasteiger charge is -2.23. The molecule has 20 heavy (non-hydrogen) atoms.